The Bertz CT molecular complexity index is 443. The van der Waals surface area contributed by atoms with Crippen molar-refractivity contribution in [1.82, 2.24) is 10.3 Å². The van der Waals surface area contributed by atoms with Gasteiger partial charge in [-0.05, 0) is 73.1 Å². The van der Waals surface area contributed by atoms with Crippen LogP contribution in [0.4, 0.5) is 5.82 Å². The normalized spacial score (nSPS) is 27.8. The van der Waals surface area contributed by atoms with Gasteiger partial charge in [0.05, 0.1) is 4.47 Å². The van der Waals surface area contributed by atoms with Crippen LogP contribution in [0.15, 0.2) is 16.7 Å². The highest BCUT2D eigenvalue weighted by Gasteiger charge is 2.32. The second-order valence-corrected chi connectivity index (χ2v) is 6.63. The Morgan fingerprint density at radius 3 is 2.95 bits per heavy atom. The molecule has 0 bridgehead atoms. The van der Waals surface area contributed by atoms with Gasteiger partial charge in [0.1, 0.15) is 5.82 Å². The molecule has 2 unspecified atom stereocenters. The third-order valence-electron chi connectivity index (χ3n) is 4.34. The summed E-state index contributed by atoms with van der Waals surface area (Å²) in [7, 11) is 0. The number of nitrogens with one attached hydrogen (secondary N) is 1. The Morgan fingerprint density at radius 1 is 1.32 bits per heavy atom. The fraction of sp³-hybridized carbons (Fsp3) is 0.667. The lowest BCUT2D eigenvalue weighted by Gasteiger charge is -2.40. The van der Waals surface area contributed by atoms with Gasteiger partial charge in [-0.1, -0.05) is 0 Å². The number of hydrogen-bond acceptors (Lipinski definition) is 3. The highest BCUT2D eigenvalue weighted by atomic mass is 79.9. The Kier molecular flexibility index (Phi) is 4.08. The molecule has 0 aliphatic carbocycles. The molecule has 0 saturated carbocycles. The van der Waals surface area contributed by atoms with Crippen LogP contribution in [0.1, 0.15) is 37.7 Å². The lowest BCUT2D eigenvalue weighted by Crippen LogP contribution is -2.50. The van der Waals surface area contributed by atoms with Crippen molar-refractivity contribution in [2.45, 2.75) is 51.1 Å². The Hall–Kier alpha value is -0.610. The van der Waals surface area contributed by atoms with Crippen LogP contribution in [0.5, 0.6) is 0 Å². The lowest BCUT2D eigenvalue weighted by atomic mass is 9.94. The summed E-state index contributed by atoms with van der Waals surface area (Å²) in [6.45, 7) is 4.41. The second kappa shape index (κ2) is 5.80. The molecule has 2 fully saturated rings. The molecule has 0 amide bonds. The second-order valence-electron chi connectivity index (χ2n) is 5.78. The summed E-state index contributed by atoms with van der Waals surface area (Å²) in [5, 5.41) is 3.67. The van der Waals surface area contributed by atoms with Gasteiger partial charge in [0.2, 0.25) is 0 Å². The van der Waals surface area contributed by atoms with Crippen LogP contribution >= 0.6 is 15.9 Å². The van der Waals surface area contributed by atoms with Crippen molar-refractivity contribution in [2.75, 3.05) is 18.0 Å². The number of pyridine rings is 1. The van der Waals surface area contributed by atoms with Crippen molar-refractivity contribution < 1.29 is 0 Å². The molecule has 4 heteroatoms. The quantitative estimate of drug-likeness (QED) is 0.905. The maximum Gasteiger partial charge on any atom is 0.143 e. The SMILES string of the molecule is Cc1cnc(N2CCCCC2C2CCCN2)c(Br)c1. The van der Waals surface area contributed by atoms with Gasteiger partial charge in [-0.2, -0.15) is 0 Å². The van der Waals surface area contributed by atoms with Crippen molar-refractivity contribution in [3.8, 4) is 0 Å². The lowest BCUT2D eigenvalue weighted by molar-refractivity contribution is 0.376. The fourth-order valence-corrected chi connectivity index (χ4v) is 4.11. The van der Waals surface area contributed by atoms with E-state index in [2.05, 4.69) is 44.1 Å². The molecule has 2 aliphatic heterocycles. The monoisotopic (exact) mass is 323 g/mol. The van der Waals surface area contributed by atoms with Crippen LogP contribution in [0.3, 0.4) is 0 Å². The highest BCUT2D eigenvalue weighted by molar-refractivity contribution is 9.10. The number of halogens is 1. The number of piperidine rings is 1. The fourth-order valence-electron chi connectivity index (χ4n) is 3.42. The number of aromatic nitrogens is 1. The summed E-state index contributed by atoms with van der Waals surface area (Å²) in [6, 6.07) is 3.44. The molecule has 104 valence electrons. The van der Waals surface area contributed by atoms with Gasteiger partial charge in [-0.3, -0.25) is 0 Å². The number of anilines is 1. The zero-order chi connectivity index (χ0) is 13.2. The largest absolute Gasteiger partial charge is 0.351 e. The Morgan fingerprint density at radius 2 is 2.21 bits per heavy atom. The molecule has 1 aromatic heterocycles. The first-order valence-electron chi connectivity index (χ1n) is 7.38. The number of aryl methyl sites for hydroxylation is 1. The third-order valence-corrected chi connectivity index (χ3v) is 4.93. The Labute approximate surface area is 123 Å². The molecule has 2 aliphatic rings. The topological polar surface area (TPSA) is 28.2 Å². The molecule has 1 aromatic rings. The van der Waals surface area contributed by atoms with Gasteiger partial charge in [0.25, 0.3) is 0 Å². The van der Waals surface area contributed by atoms with Gasteiger partial charge in [0, 0.05) is 24.8 Å². The van der Waals surface area contributed by atoms with E-state index in [1.54, 1.807) is 0 Å². The molecule has 19 heavy (non-hydrogen) atoms. The van der Waals surface area contributed by atoms with E-state index >= 15 is 0 Å². The molecule has 2 saturated heterocycles. The maximum absolute atomic E-state index is 4.67. The minimum Gasteiger partial charge on any atom is -0.351 e. The van der Waals surface area contributed by atoms with Crippen LogP contribution in [0, 0.1) is 6.92 Å². The van der Waals surface area contributed by atoms with Crippen LogP contribution in [0.25, 0.3) is 0 Å². The zero-order valence-electron chi connectivity index (χ0n) is 11.5. The number of nitrogens with zero attached hydrogens (tertiary/aromatic N) is 2. The van der Waals surface area contributed by atoms with Gasteiger partial charge in [-0.15, -0.1) is 0 Å². The maximum atomic E-state index is 4.67. The van der Waals surface area contributed by atoms with Gasteiger partial charge in [0.15, 0.2) is 0 Å². The average Bonchev–Trinajstić information content (AvgIpc) is 2.93. The van der Waals surface area contributed by atoms with Crippen molar-refractivity contribution >= 4 is 21.7 Å². The molecular weight excluding hydrogens is 302 g/mol. The predicted molar refractivity (Wildman–Crippen MR) is 82.7 cm³/mol. The van der Waals surface area contributed by atoms with Gasteiger partial charge < -0.3 is 10.2 Å². The van der Waals surface area contributed by atoms with Crippen LogP contribution in [0.2, 0.25) is 0 Å². The van der Waals surface area contributed by atoms with Crippen molar-refractivity contribution in [3.05, 3.63) is 22.3 Å². The van der Waals surface area contributed by atoms with Crippen LogP contribution in [-0.4, -0.2) is 30.2 Å². The zero-order valence-corrected chi connectivity index (χ0v) is 13.1. The standard InChI is InChI=1S/C15H22BrN3/c1-11-9-12(16)15(18-10-11)19-8-3-2-6-14(19)13-5-4-7-17-13/h9-10,13-14,17H,2-8H2,1H3. The van der Waals surface area contributed by atoms with E-state index in [1.165, 1.54) is 44.2 Å². The summed E-state index contributed by atoms with van der Waals surface area (Å²) in [6.07, 6.45) is 8.53. The van der Waals surface area contributed by atoms with E-state index in [9.17, 15) is 0 Å². The smallest absolute Gasteiger partial charge is 0.143 e. The summed E-state index contributed by atoms with van der Waals surface area (Å²) < 4.78 is 1.14. The number of hydrogen-bond donors (Lipinski definition) is 1. The van der Waals surface area contributed by atoms with Crippen molar-refractivity contribution in [1.29, 1.82) is 0 Å². The molecule has 1 N–H and O–H groups in total. The van der Waals surface area contributed by atoms with E-state index in [4.69, 9.17) is 0 Å². The minimum absolute atomic E-state index is 0.614. The van der Waals surface area contributed by atoms with Crippen molar-refractivity contribution in [3.63, 3.8) is 0 Å². The van der Waals surface area contributed by atoms with Gasteiger partial charge in [-0.25, -0.2) is 4.98 Å². The molecule has 2 atom stereocenters. The van der Waals surface area contributed by atoms with E-state index in [-0.39, 0.29) is 0 Å². The summed E-state index contributed by atoms with van der Waals surface area (Å²) in [5.41, 5.74) is 1.21. The number of rotatable bonds is 2. The van der Waals surface area contributed by atoms with Gasteiger partial charge >= 0.3 is 0 Å². The molecule has 3 heterocycles. The van der Waals surface area contributed by atoms with Crippen molar-refractivity contribution in [2.24, 2.45) is 0 Å². The molecule has 0 radical (unpaired) electrons. The van der Waals surface area contributed by atoms with E-state index in [0.29, 0.717) is 12.1 Å². The molecule has 3 rings (SSSR count). The van der Waals surface area contributed by atoms with E-state index in [1.807, 2.05) is 6.20 Å². The summed E-state index contributed by atoms with van der Waals surface area (Å²) in [5.74, 6) is 1.13. The molecule has 3 nitrogen and oxygen atoms in total. The molecule has 0 spiro atoms. The summed E-state index contributed by atoms with van der Waals surface area (Å²) in [4.78, 5) is 7.20. The molecular formula is C15H22BrN3. The Balaban J connectivity index is 1.86. The van der Waals surface area contributed by atoms with Crippen LogP contribution < -0.4 is 10.2 Å². The first-order chi connectivity index (χ1) is 9.25. The first-order valence-corrected chi connectivity index (χ1v) is 8.17. The summed E-state index contributed by atoms with van der Waals surface area (Å²) >= 11 is 3.69. The average molecular weight is 324 g/mol. The molecule has 0 aromatic carbocycles. The minimum atomic E-state index is 0.614. The predicted octanol–water partition coefficient (Wildman–Crippen LogP) is 3.26. The van der Waals surface area contributed by atoms with Crippen LogP contribution in [-0.2, 0) is 0 Å². The first kappa shape index (κ1) is 13.4. The third kappa shape index (κ3) is 2.79. The van der Waals surface area contributed by atoms with E-state index < -0.39 is 0 Å². The highest BCUT2D eigenvalue weighted by Crippen LogP contribution is 2.32. The van der Waals surface area contributed by atoms with E-state index in [0.717, 1.165) is 16.8 Å².